The highest BCUT2D eigenvalue weighted by atomic mass is 19.1. The smallest absolute Gasteiger partial charge is 0.258 e. The number of nitro benzene ring substituents is 1. The SMILES string of the molecule is O=[N+]([O-])c1ccc([C@@H]2C[C@H]2c2cccc(F)c2)cc1. The van der Waals surface area contributed by atoms with Gasteiger partial charge in [0.05, 0.1) is 4.92 Å². The lowest BCUT2D eigenvalue weighted by Crippen LogP contribution is -1.89. The summed E-state index contributed by atoms with van der Waals surface area (Å²) in [5.74, 6) is 0.464. The Kier molecular flexibility index (Phi) is 2.78. The van der Waals surface area contributed by atoms with Gasteiger partial charge in [0.15, 0.2) is 0 Å². The second-order valence-electron chi connectivity index (χ2n) is 4.85. The van der Waals surface area contributed by atoms with Crippen molar-refractivity contribution < 1.29 is 9.31 Å². The van der Waals surface area contributed by atoms with E-state index in [4.69, 9.17) is 0 Å². The van der Waals surface area contributed by atoms with E-state index in [1.54, 1.807) is 24.3 Å². The van der Waals surface area contributed by atoms with Crippen LogP contribution in [0.4, 0.5) is 10.1 Å². The Morgan fingerprint density at radius 2 is 1.74 bits per heavy atom. The number of non-ortho nitro benzene ring substituents is 1. The van der Waals surface area contributed by atoms with E-state index in [2.05, 4.69) is 0 Å². The molecular formula is C15H12FNO2. The fourth-order valence-corrected chi connectivity index (χ4v) is 2.51. The van der Waals surface area contributed by atoms with E-state index in [1.807, 2.05) is 6.07 Å². The number of hydrogen-bond acceptors (Lipinski definition) is 2. The van der Waals surface area contributed by atoms with Crippen molar-refractivity contribution in [1.29, 1.82) is 0 Å². The van der Waals surface area contributed by atoms with Gasteiger partial charge < -0.3 is 0 Å². The minimum atomic E-state index is -0.402. The van der Waals surface area contributed by atoms with E-state index in [1.165, 1.54) is 18.2 Å². The summed E-state index contributed by atoms with van der Waals surface area (Å²) >= 11 is 0. The Morgan fingerprint density at radius 3 is 2.37 bits per heavy atom. The van der Waals surface area contributed by atoms with Crippen LogP contribution in [0.15, 0.2) is 48.5 Å². The molecule has 0 amide bonds. The average Bonchev–Trinajstić information content (AvgIpc) is 3.19. The molecule has 1 fully saturated rings. The van der Waals surface area contributed by atoms with Crippen LogP contribution in [0.3, 0.4) is 0 Å². The predicted molar refractivity (Wildman–Crippen MR) is 69.6 cm³/mol. The number of halogens is 1. The number of nitrogens with zero attached hydrogens (tertiary/aromatic N) is 1. The van der Waals surface area contributed by atoms with E-state index in [9.17, 15) is 14.5 Å². The van der Waals surface area contributed by atoms with Gasteiger partial charge in [0.1, 0.15) is 5.82 Å². The van der Waals surface area contributed by atoms with Crippen LogP contribution in [-0.2, 0) is 0 Å². The molecule has 4 heteroatoms. The molecule has 0 saturated heterocycles. The monoisotopic (exact) mass is 257 g/mol. The van der Waals surface area contributed by atoms with Crippen molar-refractivity contribution in [2.24, 2.45) is 0 Å². The zero-order valence-corrected chi connectivity index (χ0v) is 10.1. The van der Waals surface area contributed by atoms with Gasteiger partial charge in [-0.2, -0.15) is 0 Å². The van der Waals surface area contributed by atoms with Crippen LogP contribution in [0, 0.1) is 15.9 Å². The fraction of sp³-hybridized carbons (Fsp3) is 0.200. The first kappa shape index (κ1) is 11.8. The molecular weight excluding hydrogens is 245 g/mol. The van der Waals surface area contributed by atoms with Crippen LogP contribution in [-0.4, -0.2) is 4.92 Å². The molecule has 2 aromatic rings. The van der Waals surface area contributed by atoms with Crippen LogP contribution in [0.25, 0.3) is 0 Å². The summed E-state index contributed by atoms with van der Waals surface area (Å²) in [5, 5.41) is 10.6. The Labute approximate surface area is 109 Å². The molecule has 0 aromatic heterocycles. The maximum absolute atomic E-state index is 13.2. The zero-order valence-electron chi connectivity index (χ0n) is 10.1. The van der Waals surface area contributed by atoms with Crippen LogP contribution >= 0.6 is 0 Å². The number of hydrogen-bond donors (Lipinski definition) is 0. The highest BCUT2D eigenvalue weighted by Crippen LogP contribution is 2.54. The Hall–Kier alpha value is -2.23. The van der Waals surface area contributed by atoms with Gasteiger partial charge in [-0.3, -0.25) is 10.1 Å². The molecule has 19 heavy (non-hydrogen) atoms. The topological polar surface area (TPSA) is 43.1 Å². The largest absolute Gasteiger partial charge is 0.269 e. The lowest BCUT2D eigenvalue weighted by molar-refractivity contribution is -0.384. The van der Waals surface area contributed by atoms with Crippen molar-refractivity contribution in [3.05, 3.63) is 75.6 Å². The van der Waals surface area contributed by atoms with Crippen molar-refractivity contribution in [1.82, 2.24) is 0 Å². The highest BCUT2D eigenvalue weighted by molar-refractivity contribution is 5.40. The van der Waals surface area contributed by atoms with Crippen molar-refractivity contribution in [2.45, 2.75) is 18.3 Å². The Bertz CT molecular complexity index is 624. The fourth-order valence-electron chi connectivity index (χ4n) is 2.51. The van der Waals surface area contributed by atoms with Gasteiger partial charge in [0, 0.05) is 12.1 Å². The molecule has 0 radical (unpaired) electrons. The van der Waals surface area contributed by atoms with Crippen LogP contribution < -0.4 is 0 Å². The molecule has 1 saturated carbocycles. The molecule has 96 valence electrons. The summed E-state index contributed by atoms with van der Waals surface area (Å²) in [6.45, 7) is 0. The third-order valence-corrected chi connectivity index (χ3v) is 3.60. The van der Waals surface area contributed by atoms with E-state index in [0.29, 0.717) is 11.8 Å². The van der Waals surface area contributed by atoms with Gasteiger partial charge in [-0.25, -0.2) is 4.39 Å². The first-order valence-corrected chi connectivity index (χ1v) is 6.15. The molecule has 0 spiro atoms. The van der Waals surface area contributed by atoms with Crippen LogP contribution in [0.1, 0.15) is 29.4 Å². The number of rotatable bonds is 3. The van der Waals surface area contributed by atoms with E-state index < -0.39 is 4.92 Å². The summed E-state index contributed by atoms with van der Waals surface area (Å²) in [5.41, 5.74) is 2.19. The summed E-state index contributed by atoms with van der Waals surface area (Å²) < 4.78 is 13.2. The molecule has 0 N–H and O–H groups in total. The van der Waals surface area contributed by atoms with Crippen molar-refractivity contribution >= 4 is 5.69 Å². The molecule has 0 heterocycles. The number of benzene rings is 2. The van der Waals surface area contributed by atoms with Gasteiger partial charge in [-0.05, 0) is 41.5 Å². The third kappa shape index (κ3) is 2.34. The summed E-state index contributed by atoms with van der Waals surface area (Å²) in [4.78, 5) is 10.2. The van der Waals surface area contributed by atoms with Crippen LogP contribution in [0.5, 0.6) is 0 Å². The maximum Gasteiger partial charge on any atom is 0.269 e. The maximum atomic E-state index is 13.2. The molecule has 0 unspecified atom stereocenters. The second kappa shape index (κ2) is 4.46. The van der Waals surface area contributed by atoms with E-state index in [0.717, 1.165) is 17.5 Å². The second-order valence-corrected chi connectivity index (χ2v) is 4.85. The normalized spacial score (nSPS) is 21.1. The Balaban J connectivity index is 1.77. The molecule has 3 nitrogen and oxygen atoms in total. The van der Waals surface area contributed by atoms with Gasteiger partial charge in [0.25, 0.3) is 5.69 Å². The van der Waals surface area contributed by atoms with Crippen LogP contribution in [0.2, 0.25) is 0 Å². The molecule has 0 aliphatic heterocycles. The predicted octanol–water partition coefficient (Wildman–Crippen LogP) is 4.01. The molecule has 1 aliphatic carbocycles. The lowest BCUT2D eigenvalue weighted by Gasteiger charge is -2.01. The first-order valence-electron chi connectivity index (χ1n) is 6.15. The van der Waals surface area contributed by atoms with Gasteiger partial charge >= 0.3 is 0 Å². The van der Waals surface area contributed by atoms with Crippen molar-refractivity contribution in [3.8, 4) is 0 Å². The number of nitro groups is 1. The quantitative estimate of drug-likeness (QED) is 0.616. The highest BCUT2D eigenvalue weighted by Gasteiger charge is 2.39. The van der Waals surface area contributed by atoms with Crippen molar-refractivity contribution in [2.75, 3.05) is 0 Å². The first-order chi connectivity index (χ1) is 9.15. The molecule has 3 rings (SSSR count). The summed E-state index contributed by atoms with van der Waals surface area (Å²) in [6.07, 6.45) is 0.973. The molecule has 2 atom stereocenters. The van der Waals surface area contributed by atoms with Gasteiger partial charge in [-0.1, -0.05) is 24.3 Å². The summed E-state index contributed by atoms with van der Waals surface area (Å²) in [7, 11) is 0. The average molecular weight is 257 g/mol. The van der Waals surface area contributed by atoms with Gasteiger partial charge in [0.2, 0.25) is 0 Å². The Morgan fingerprint density at radius 1 is 1.05 bits per heavy atom. The van der Waals surface area contributed by atoms with Gasteiger partial charge in [-0.15, -0.1) is 0 Å². The minimum absolute atomic E-state index is 0.103. The lowest BCUT2D eigenvalue weighted by atomic mass is 10.0. The molecule has 0 bridgehead atoms. The van der Waals surface area contributed by atoms with E-state index >= 15 is 0 Å². The standard InChI is InChI=1S/C15H12FNO2/c16-12-3-1-2-11(8-12)15-9-14(15)10-4-6-13(7-5-10)17(18)19/h1-8,14-15H,9H2/t14-,15-/m0/s1. The summed E-state index contributed by atoms with van der Waals surface area (Å²) in [6, 6.07) is 13.3. The minimum Gasteiger partial charge on any atom is -0.258 e. The zero-order chi connectivity index (χ0) is 13.4. The van der Waals surface area contributed by atoms with Crippen molar-refractivity contribution in [3.63, 3.8) is 0 Å². The molecule has 2 aromatic carbocycles. The molecule has 1 aliphatic rings. The van der Waals surface area contributed by atoms with E-state index in [-0.39, 0.29) is 11.5 Å². The third-order valence-electron chi connectivity index (χ3n) is 3.60.